The van der Waals surface area contributed by atoms with E-state index in [0.29, 0.717) is 31.9 Å². The largest absolute Gasteiger partial charge is 0.369 e. The Hall–Kier alpha value is -2.38. The van der Waals surface area contributed by atoms with Crippen LogP contribution in [0.5, 0.6) is 0 Å². The maximum atomic E-state index is 13.1. The van der Waals surface area contributed by atoms with E-state index in [0.717, 1.165) is 11.3 Å². The number of nitrogens with one attached hydrogen (secondary N) is 1. The van der Waals surface area contributed by atoms with Crippen molar-refractivity contribution < 1.29 is 13.2 Å². The average Bonchev–Trinajstić information content (AvgIpc) is 2.91. The zero-order valence-electron chi connectivity index (χ0n) is 15.5. The summed E-state index contributed by atoms with van der Waals surface area (Å²) in [5.41, 5.74) is 1.81. The molecule has 27 heavy (non-hydrogen) atoms. The van der Waals surface area contributed by atoms with Crippen molar-refractivity contribution in [2.24, 2.45) is 0 Å². The van der Waals surface area contributed by atoms with E-state index < -0.39 is 15.4 Å². The lowest BCUT2D eigenvalue weighted by Gasteiger charge is -2.35. The predicted octanol–water partition coefficient (Wildman–Crippen LogP) is 2.43. The molecule has 1 saturated heterocycles. The molecule has 1 N–H and O–H groups in total. The first-order chi connectivity index (χ1) is 12.8. The number of fused-ring (bicyclic) bond motifs is 1. The number of carbonyl (C=O) groups excluding carboxylic acids is 1. The summed E-state index contributed by atoms with van der Waals surface area (Å²) in [5, 5.41) is 2.82. The second-order valence-corrected chi connectivity index (χ2v) is 9.45. The number of benzene rings is 2. The summed E-state index contributed by atoms with van der Waals surface area (Å²) < 4.78 is 27.8. The number of anilines is 2. The van der Waals surface area contributed by atoms with Crippen LogP contribution in [0.1, 0.15) is 19.4 Å². The van der Waals surface area contributed by atoms with Crippen molar-refractivity contribution in [2.75, 3.05) is 36.4 Å². The lowest BCUT2D eigenvalue weighted by Crippen LogP contribution is -2.48. The zero-order valence-corrected chi connectivity index (χ0v) is 16.3. The molecular weight excluding hydrogens is 362 g/mol. The first kappa shape index (κ1) is 18.0. The number of para-hydroxylation sites is 1. The molecule has 2 aromatic rings. The molecule has 2 aliphatic heterocycles. The van der Waals surface area contributed by atoms with E-state index in [1.165, 1.54) is 4.31 Å². The van der Waals surface area contributed by atoms with E-state index in [2.05, 4.69) is 10.2 Å². The molecule has 1 fully saturated rings. The minimum absolute atomic E-state index is 0.108. The minimum atomic E-state index is -3.59. The van der Waals surface area contributed by atoms with Crippen LogP contribution in [0, 0.1) is 0 Å². The van der Waals surface area contributed by atoms with Crippen LogP contribution in [-0.4, -0.2) is 44.8 Å². The smallest absolute Gasteiger partial charge is 0.243 e. The van der Waals surface area contributed by atoms with Crippen LogP contribution in [0.4, 0.5) is 11.4 Å². The van der Waals surface area contributed by atoms with Gasteiger partial charge in [0.1, 0.15) is 0 Å². The molecule has 0 atom stereocenters. The third kappa shape index (κ3) is 3.00. The van der Waals surface area contributed by atoms with E-state index in [-0.39, 0.29) is 10.8 Å². The summed E-state index contributed by atoms with van der Waals surface area (Å²) in [4.78, 5) is 14.6. The van der Waals surface area contributed by atoms with Gasteiger partial charge in [0.15, 0.2) is 0 Å². The average molecular weight is 385 g/mol. The second-order valence-electron chi connectivity index (χ2n) is 7.51. The maximum Gasteiger partial charge on any atom is 0.243 e. The van der Waals surface area contributed by atoms with Crippen molar-refractivity contribution in [3.63, 3.8) is 0 Å². The molecule has 0 saturated carbocycles. The number of amides is 1. The quantitative estimate of drug-likeness (QED) is 0.881. The van der Waals surface area contributed by atoms with Crippen molar-refractivity contribution >= 4 is 27.3 Å². The van der Waals surface area contributed by atoms with Gasteiger partial charge in [-0.25, -0.2) is 8.42 Å². The van der Waals surface area contributed by atoms with Crippen molar-refractivity contribution in [3.05, 3.63) is 54.1 Å². The van der Waals surface area contributed by atoms with Crippen LogP contribution in [-0.2, 0) is 20.2 Å². The fourth-order valence-electron chi connectivity index (χ4n) is 3.69. The fraction of sp³-hybridized carbons (Fsp3) is 0.350. The molecule has 4 rings (SSSR count). The molecule has 6 nitrogen and oxygen atoms in total. The highest BCUT2D eigenvalue weighted by molar-refractivity contribution is 7.89. The number of hydrogen-bond donors (Lipinski definition) is 1. The molecule has 2 aromatic carbocycles. The number of hydrogen-bond acceptors (Lipinski definition) is 4. The standard InChI is InChI=1S/C20H23N3O3S/c1-20(2)17-14-16(8-9-18(17)21-19(20)24)27(25,26)23-12-10-22(11-13-23)15-6-4-3-5-7-15/h3-9,14H,10-13H2,1-2H3,(H,21,24). The van der Waals surface area contributed by atoms with Gasteiger partial charge < -0.3 is 10.2 Å². The first-order valence-corrected chi connectivity index (χ1v) is 10.5. The van der Waals surface area contributed by atoms with Gasteiger partial charge in [-0.1, -0.05) is 18.2 Å². The molecular formula is C20H23N3O3S. The normalized spacial score (nSPS) is 19.6. The maximum absolute atomic E-state index is 13.1. The SMILES string of the molecule is CC1(C)C(=O)Nc2ccc(S(=O)(=O)N3CCN(c4ccccc4)CC3)cc21. The number of sulfonamides is 1. The topological polar surface area (TPSA) is 69.7 Å². The lowest BCUT2D eigenvalue weighted by atomic mass is 9.86. The monoisotopic (exact) mass is 385 g/mol. The Kier molecular flexibility index (Phi) is 4.24. The molecule has 1 amide bonds. The van der Waals surface area contributed by atoms with E-state index in [9.17, 15) is 13.2 Å². The van der Waals surface area contributed by atoms with Gasteiger partial charge in [-0.3, -0.25) is 4.79 Å². The van der Waals surface area contributed by atoms with Crippen molar-refractivity contribution in [1.82, 2.24) is 4.31 Å². The summed E-state index contributed by atoms with van der Waals surface area (Å²) >= 11 is 0. The molecule has 0 radical (unpaired) electrons. The summed E-state index contributed by atoms with van der Waals surface area (Å²) in [5.74, 6) is -0.108. The Morgan fingerprint density at radius 2 is 1.63 bits per heavy atom. The molecule has 0 aromatic heterocycles. The highest BCUT2D eigenvalue weighted by atomic mass is 32.2. The molecule has 142 valence electrons. The van der Waals surface area contributed by atoms with Crippen molar-refractivity contribution in [3.8, 4) is 0 Å². The van der Waals surface area contributed by atoms with Crippen LogP contribution in [0.3, 0.4) is 0 Å². The van der Waals surface area contributed by atoms with Gasteiger partial charge in [0.05, 0.1) is 10.3 Å². The molecule has 0 aliphatic carbocycles. The Morgan fingerprint density at radius 3 is 2.30 bits per heavy atom. The van der Waals surface area contributed by atoms with Gasteiger partial charge >= 0.3 is 0 Å². The summed E-state index contributed by atoms with van der Waals surface area (Å²) in [6.07, 6.45) is 0. The first-order valence-electron chi connectivity index (χ1n) is 9.06. The number of nitrogens with zero attached hydrogens (tertiary/aromatic N) is 2. The minimum Gasteiger partial charge on any atom is -0.369 e. The van der Waals surface area contributed by atoms with Gasteiger partial charge in [-0.2, -0.15) is 4.31 Å². The van der Waals surface area contributed by atoms with Crippen LogP contribution in [0.15, 0.2) is 53.4 Å². The number of carbonyl (C=O) groups is 1. The van der Waals surface area contributed by atoms with E-state index >= 15 is 0 Å². The van der Waals surface area contributed by atoms with E-state index in [4.69, 9.17) is 0 Å². The Balaban J connectivity index is 1.55. The van der Waals surface area contributed by atoms with E-state index in [1.807, 2.05) is 44.2 Å². The van der Waals surface area contributed by atoms with Crippen LogP contribution in [0.2, 0.25) is 0 Å². The highest BCUT2D eigenvalue weighted by Crippen LogP contribution is 2.38. The van der Waals surface area contributed by atoms with Crippen LogP contribution < -0.4 is 10.2 Å². The molecule has 0 unspecified atom stereocenters. The van der Waals surface area contributed by atoms with E-state index in [1.54, 1.807) is 18.2 Å². The summed E-state index contributed by atoms with van der Waals surface area (Å²) in [7, 11) is -3.59. The molecule has 2 aliphatic rings. The van der Waals surface area contributed by atoms with Gasteiger partial charge in [0.2, 0.25) is 15.9 Å². The number of piperazine rings is 1. The van der Waals surface area contributed by atoms with Gasteiger partial charge in [0, 0.05) is 37.6 Å². The van der Waals surface area contributed by atoms with Crippen LogP contribution >= 0.6 is 0 Å². The van der Waals surface area contributed by atoms with Gasteiger partial charge in [-0.05, 0) is 49.7 Å². The van der Waals surface area contributed by atoms with Crippen molar-refractivity contribution in [2.45, 2.75) is 24.2 Å². The predicted molar refractivity (Wildman–Crippen MR) is 106 cm³/mol. The van der Waals surface area contributed by atoms with Crippen LogP contribution in [0.25, 0.3) is 0 Å². The third-order valence-corrected chi connectivity index (χ3v) is 7.37. The fourth-order valence-corrected chi connectivity index (χ4v) is 5.13. The lowest BCUT2D eigenvalue weighted by molar-refractivity contribution is -0.119. The van der Waals surface area contributed by atoms with Crippen molar-refractivity contribution in [1.29, 1.82) is 0 Å². The summed E-state index contributed by atoms with van der Waals surface area (Å²) in [6, 6.07) is 14.9. The molecule has 7 heteroatoms. The highest BCUT2D eigenvalue weighted by Gasteiger charge is 2.39. The second kappa shape index (κ2) is 6.35. The van der Waals surface area contributed by atoms with Gasteiger partial charge in [-0.15, -0.1) is 0 Å². The summed E-state index contributed by atoms with van der Waals surface area (Å²) in [6.45, 7) is 5.80. The Morgan fingerprint density at radius 1 is 0.963 bits per heavy atom. The Bertz CT molecular complexity index is 979. The molecule has 2 heterocycles. The number of rotatable bonds is 3. The zero-order chi connectivity index (χ0) is 19.2. The molecule has 0 spiro atoms. The van der Waals surface area contributed by atoms with Gasteiger partial charge in [0.25, 0.3) is 0 Å². The molecule has 0 bridgehead atoms. The third-order valence-electron chi connectivity index (χ3n) is 5.48. The Labute approximate surface area is 159 Å².